The summed E-state index contributed by atoms with van der Waals surface area (Å²) in [6.45, 7) is 8.38. The molecule has 3 rings (SSSR count). The molecule has 0 fully saturated rings. The number of hydrogen-bond donors (Lipinski definition) is 0. The standard InChI is InChI=1S/C18H22N4O2/c1-11(2)17(22-10-14(20-21-22)7-6-13(4)23)18-19-15-9-12(3)5-8-16(15)24-18/h5,7-9,11,17H,6,10H2,1-4H3/b14-7-. The fraction of sp³-hybridized carbons (Fsp3) is 0.444. The summed E-state index contributed by atoms with van der Waals surface area (Å²) in [5, 5.41) is 10.3. The van der Waals surface area contributed by atoms with Crippen LogP contribution in [0.3, 0.4) is 0 Å². The van der Waals surface area contributed by atoms with Gasteiger partial charge >= 0.3 is 0 Å². The van der Waals surface area contributed by atoms with E-state index in [9.17, 15) is 4.79 Å². The van der Waals surface area contributed by atoms with Crippen molar-refractivity contribution in [2.75, 3.05) is 6.54 Å². The van der Waals surface area contributed by atoms with Gasteiger partial charge in [0.05, 0.1) is 12.2 Å². The van der Waals surface area contributed by atoms with Crippen LogP contribution < -0.4 is 0 Å². The number of nitrogens with zero attached hydrogens (tertiary/aromatic N) is 4. The number of aryl methyl sites for hydroxylation is 1. The highest BCUT2D eigenvalue weighted by Gasteiger charge is 2.31. The van der Waals surface area contributed by atoms with Gasteiger partial charge in [0.15, 0.2) is 5.58 Å². The minimum atomic E-state index is -0.0929. The number of benzene rings is 1. The lowest BCUT2D eigenvalue weighted by Gasteiger charge is -2.25. The first-order valence-corrected chi connectivity index (χ1v) is 8.18. The number of rotatable bonds is 5. The van der Waals surface area contributed by atoms with Crippen molar-refractivity contribution in [3.8, 4) is 0 Å². The molecule has 1 aromatic heterocycles. The summed E-state index contributed by atoms with van der Waals surface area (Å²) in [4.78, 5) is 15.8. The van der Waals surface area contributed by atoms with Crippen LogP contribution in [0.5, 0.6) is 0 Å². The molecule has 126 valence electrons. The second kappa shape index (κ2) is 6.55. The molecule has 2 aromatic rings. The third-order valence-corrected chi connectivity index (χ3v) is 4.00. The number of Topliss-reactive ketones (excluding diaryl/α,β-unsaturated/α-hetero) is 1. The van der Waals surface area contributed by atoms with Gasteiger partial charge in [-0.1, -0.05) is 31.2 Å². The largest absolute Gasteiger partial charge is 0.438 e. The molecule has 1 atom stereocenters. The Balaban J connectivity index is 1.86. The molecule has 6 nitrogen and oxygen atoms in total. The Morgan fingerprint density at radius 1 is 1.42 bits per heavy atom. The lowest BCUT2D eigenvalue weighted by atomic mass is 10.0. The molecule has 0 aliphatic carbocycles. The Bertz CT molecular complexity index is 820. The van der Waals surface area contributed by atoms with E-state index in [0.29, 0.717) is 18.9 Å². The monoisotopic (exact) mass is 326 g/mol. The van der Waals surface area contributed by atoms with E-state index < -0.39 is 0 Å². The summed E-state index contributed by atoms with van der Waals surface area (Å²) in [7, 11) is 0. The van der Waals surface area contributed by atoms with Crippen LogP contribution >= 0.6 is 0 Å². The molecule has 0 saturated heterocycles. The molecule has 1 unspecified atom stereocenters. The minimum Gasteiger partial charge on any atom is -0.438 e. The van der Waals surface area contributed by atoms with Crippen LogP contribution in [0.15, 0.2) is 44.7 Å². The Kier molecular flexibility index (Phi) is 4.46. The maximum Gasteiger partial charge on any atom is 0.220 e. The maximum atomic E-state index is 11.1. The number of allylic oxidation sites excluding steroid dienone is 1. The lowest BCUT2D eigenvalue weighted by Crippen LogP contribution is -2.26. The first-order valence-electron chi connectivity index (χ1n) is 8.18. The van der Waals surface area contributed by atoms with Crippen molar-refractivity contribution in [2.24, 2.45) is 16.3 Å². The summed E-state index contributed by atoms with van der Waals surface area (Å²) >= 11 is 0. The summed E-state index contributed by atoms with van der Waals surface area (Å²) < 4.78 is 5.96. The molecule has 24 heavy (non-hydrogen) atoms. The van der Waals surface area contributed by atoms with Gasteiger partial charge in [-0.3, -0.25) is 9.80 Å². The van der Waals surface area contributed by atoms with E-state index in [1.165, 1.54) is 0 Å². The van der Waals surface area contributed by atoms with Crippen molar-refractivity contribution in [1.82, 2.24) is 9.99 Å². The van der Waals surface area contributed by atoms with E-state index in [0.717, 1.165) is 22.4 Å². The summed E-state index contributed by atoms with van der Waals surface area (Å²) in [6, 6.07) is 5.88. The van der Waals surface area contributed by atoms with Gasteiger partial charge in [-0.2, -0.15) is 0 Å². The van der Waals surface area contributed by atoms with Crippen LogP contribution in [-0.2, 0) is 4.79 Å². The van der Waals surface area contributed by atoms with Gasteiger partial charge in [0, 0.05) is 6.42 Å². The fourth-order valence-electron chi connectivity index (χ4n) is 2.80. The van der Waals surface area contributed by atoms with Gasteiger partial charge in [-0.25, -0.2) is 4.98 Å². The third kappa shape index (κ3) is 3.37. The zero-order valence-corrected chi connectivity index (χ0v) is 14.5. The molecule has 1 aliphatic heterocycles. The minimum absolute atomic E-state index is 0.0929. The number of carbonyl (C=O) groups excluding carboxylic acids is 1. The van der Waals surface area contributed by atoms with E-state index in [1.54, 1.807) is 6.92 Å². The molecular weight excluding hydrogens is 304 g/mol. The Labute approximate surface area is 141 Å². The molecule has 2 heterocycles. The van der Waals surface area contributed by atoms with Crippen molar-refractivity contribution in [2.45, 2.75) is 40.2 Å². The van der Waals surface area contributed by atoms with Gasteiger partial charge < -0.3 is 4.42 Å². The summed E-state index contributed by atoms with van der Waals surface area (Å²) in [5.41, 5.74) is 3.60. The van der Waals surface area contributed by atoms with Crippen LogP contribution in [0.2, 0.25) is 0 Å². The Hall–Kier alpha value is -2.50. The normalized spacial score (nSPS) is 17.4. The van der Waals surface area contributed by atoms with Crippen LogP contribution in [0.4, 0.5) is 0 Å². The molecule has 0 spiro atoms. The second-order valence-corrected chi connectivity index (χ2v) is 6.60. The molecule has 6 heteroatoms. The topological polar surface area (TPSA) is 71.1 Å². The van der Waals surface area contributed by atoms with Crippen LogP contribution in [0.1, 0.15) is 44.7 Å². The van der Waals surface area contributed by atoms with Gasteiger partial charge in [-0.05, 0) is 37.5 Å². The number of ketones is 1. The molecule has 1 aromatic carbocycles. The van der Waals surface area contributed by atoms with E-state index >= 15 is 0 Å². The molecule has 0 N–H and O–H groups in total. The number of hydrogen-bond acceptors (Lipinski definition) is 6. The van der Waals surface area contributed by atoms with Crippen LogP contribution in [0, 0.1) is 12.8 Å². The lowest BCUT2D eigenvalue weighted by molar-refractivity contribution is -0.116. The second-order valence-electron chi connectivity index (χ2n) is 6.60. The zero-order chi connectivity index (χ0) is 17.3. The van der Waals surface area contributed by atoms with E-state index in [1.807, 2.05) is 36.2 Å². The molecule has 0 radical (unpaired) electrons. The van der Waals surface area contributed by atoms with Gasteiger partial charge in [-0.15, -0.1) is 5.11 Å². The van der Waals surface area contributed by atoms with Crippen molar-refractivity contribution in [3.05, 3.63) is 41.4 Å². The van der Waals surface area contributed by atoms with Gasteiger partial charge in [0.25, 0.3) is 0 Å². The number of oxazole rings is 1. The van der Waals surface area contributed by atoms with Crippen molar-refractivity contribution < 1.29 is 9.21 Å². The predicted octanol–water partition coefficient (Wildman–Crippen LogP) is 4.38. The highest BCUT2D eigenvalue weighted by atomic mass is 16.4. The highest BCUT2D eigenvalue weighted by Crippen LogP contribution is 2.34. The average molecular weight is 326 g/mol. The number of fused-ring (bicyclic) bond motifs is 1. The SMILES string of the molecule is CC(=O)C/C=C1/CN(C(c2nc3cc(C)ccc3o2)C(C)C)N=N1. The summed E-state index contributed by atoms with van der Waals surface area (Å²) in [5.74, 6) is 1.02. The van der Waals surface area contributed by atoms with E-state index in [-0.39, 0.29) is 17.7 Å². The van der Waals surface area contributed by atoms with Crippen molar-refractivity contribution >= 4 is 16.9 Å². The van der Waals surface area contributed by atoms with Crippen molar-refractivity contribution in [1.29, 1.82) is 0 Å². The van der Waals surface area contributed by atoms with Crippen molar-refractivity contribution in [3.63, 3.8) is 0 Å². The fourth-order valence-corrected chi connectivity index (χ4v) is 2.80. The van der Waals surface area contributed by atoms with Gasteiger partial charge in [0.1, 0.15) is 17.3 Å². The number of carbonyl (C=O) groups is 1. The quantitative estimate of drug-likeness (QED) is 0.817. The molecular formula is C18H22N4O2. The Morgan fingerprint density at radius 2 is 2.21 bits per heavy atom. The third-order valence-electron chi connectivity index (χ3n) is 4.00. The highest BCUT2D eigenvalue weighted by molar-refractivity contribution is 5.77. The van der Waals surface area contributed by atoms with E-state index in [2.05, 4.69) is 29.2 Å². The smallest absolute Gasteiger partial charge is 0.220 e. The predicted molar refractivity (Wildman–Crippen MR) is 91.3 cm³/mol. The first kappa shape index (κ1) is 16.4. The van der Waals surface area contributed by atoms with E-state index in [4.69, 9.17) is 4.42 Å². The van der Waals surface area contributed by atoms with Crippen LogP contribution in [0.25, 0.3) is 11.1 Å². The maximum absolute atomic E-state index is 11.1. The molecule has 0 saturated carbocycles. The Morgan fingerprint density at radius 3 is 2.92 bits per heavy atom. The molecule has 0 bridgehead atoms. The number of aromatic nitrogens is 1. The molecule has 0 amide bonds. The zero-order valence-electron chi connectivity index (χ0n) is 14.5. The van der Waals surface area contributed by atoms with Gasteiger partial charge in [0.2, 0.25) is 5.89 Å². The summed E-state index contributed by atoms with van der Waals surface area (Å²) in [6.07, 6.45) is 2.22. The average Bonchev–Trinajstić information content (AvgIpc) is 3.11. The first-order chi connectivity index (χ1) is 11.4. The molecule has 1 aliphatic rings. The van der Waals surface area contributed by atoms with Crippen LogP contribution in [-0.4, -0.2) is 22.3 Å².